The van der Waals surface area contributed by atoms with E-state index in [1.165, 1.54) is 20.0 Å². The van der Waals surface area contributed by atoms with E-state index in [2.05, 4.69) is 23.9 Å². The maximum Gasteiger partial charge on any atom is 0.337 e. The molecule has 1 fully saturated rings. The van der Waals surface area contributed by atoms with Gasteiger partial charge < -0.3 is 15.8 Å². The van der Waals surface area contributed by atoms with E-state index in [4.69, 9.17) is 5.73 Å². The van der Waals surface area contributed by atoms with Crippen LogP contribution in [0.3, 0.4) is 0 Å². The van der Waals surface area contributed by atoms with Gasteiger partial charge >= 0.3 is 5.97 Å². The number of nitrogens with two attached hydrogens (primary N) is 1. The molecule has 0 unspecified atom stereocenters. The summed E-state index contributed by atoms with van der Waals surface area (Å²) in [5.41, 5.74) is 8.35. The summed E-state index contributed by atoms with van der Waals surface area (Å²) < 4.78 is 4.67. The van der Waals surface area contributed by atoms with Crippen molar-refractivity contribution in [3.8, 4) is 0 Å². The topological polar surface area (TPSA) is 64.3 Å². The second kappa shape index (κ2) is 5.11. The standard InChI is InChI=1S/C15H22N2O2/c1-10(2)15(6-7-15)9-17-13-5-4-11(8-12(13)16)14(18)19-3/h4-5,8,10,17H,6-7,9,16H2,1-3H3. The third-order valence-electron chi connectivity index (χ3n) is 4.22. The Labute approximate surface area is 114 Å². The van der Waals surface area contributed by atoms with Crippen LogP contribution >= 0.6 is 0 Å². The molecule has 0 amide bonds. The molecule has 104 valence electrons. The molecule has 0 aliphatic heterocycles. The molecule has 4 heteroatoms. The minimum atomic E-state index is -0.362. The smallest absolute Gasteiger partial charge is 0.337 e. The average molecular weight is 262 g/mol. The van der Waals surface area contributed by atoms with Gasteiger partial charge in [-0.05, 0) is 42.4 Å². The molecule has 1 aromatic carbocycles. The molecular formula is C15H22N2O2. The number of nitrogen functional groups attached to an aromatic ring is 1. The molecule has 19 heavy (non-hydrogen) atoms. The fourth-order valence-corrected chi connectivity index (χ4v) is 2.36. The molecule has 0 radical (unpaired) electrons. The maximum absolute atomic E-state index is 11.4. The van der Waals surface area contributed by atoms with Crippen LogP contribution in [0.5, 0.6) is 0 Å². The Hall–Kier alpha value is -1.71. The van der Waals surface area contributed by atoms with Crippen molar-refractivity contribution in [1.29, 1.82) is 0 Å². The molecule has 0 aromatic heterocycles. The zero-order valence-corrected chi connectivity index (χ0v) is 11.8. The molecular weight excluding hydrogens is 240 g/mol. The van der Waals surface area contributed by atoms with E-state index in [0.717, 1.165) is 12.2 Å². The second-order valence-corrected chi connectivity index (χ2v) is 5.66. The zero-order chi connectivity index (χ0) is 14.0. The van der Waals surface area contributed by atoms with Gasteiger partial charge in [-0.2, -0.15) is 0 Å². The van der Waals surface area contributed by atoms with Crippen molar-refractivity contribution < 1.29 is 9.53 Å². The van der Waals surface area contributed by atoms with Gasteiger partial charge in [0.15, 0.2) is 0 Å². The first kappa shape index (κ1) is 13.7. The Morgan fingerprint density at radius 2 is 2.16 bits per heavy atom. The summed E-state index contributed by atoms with van der Waals surface area (Å²) in [7, 11) is 1.37. The van der Waals surface area contributed by atoms with Gasteiger partial charge in [-0.1, -0.05) is 13.8 Å². The summed E-state index contributed by atoms with van der Waals surface area (Å²) in [6.45, 7) is 5.46. The third kappa shape index (κ3) is 2.83. The number of hydrogen-bond donors (Lipinski definition) is 2. The number of nitrogens with one attached hydrogen (secondary N) is 1. The van der Waals surface area contributed by atoms with Crippen molar-refractivity contribution in [2.24, 2.45) is 11.3 Å². The first-order valence-corrected chi connectivity index (χ1v) is 6.70. The first-order chi connectivity index (χ1) is 8.98. The lowest BCUT2D eigenvalue weighted by atomic mass is 9.92. The Balaban J connectivity index is 2.04. The molecule has 0 spiro atoms. The SMILES string of the molecule is COC(=O)c1ccc(NCC2(C(C)C)CC2)c(N)c1. The largest absolute Gasteiger partial charge is 0.465 e. The number of benzene rings is 1. The highest BCUT2D eigenvalue weighted by Crippen LogP contribution is 2.51. The minimum absolute atomic E-state index is 0.362. The number of rotatable bonds is 5. The molecule has 4 nitrogen and oxygen atoms in total. The van der Waals surface area contributed by atoms with E-state index in [9.17, 15) is 4.79 Å². The molecule has 0 bridgehead atoms. The van der Waals surface area contributed by atoms with Crippen LogP contribution in [0.15, 0.2) is 18.2 Å². The van der Waals surface area contributed by atoms with Crippen molar-refractivity contribution >= 4 is 17.3 Å². The zero-order valence-electron chi connectivity index (χ0n) is 11.8. The summed E-state index contributed by atoms with van der Waals surface area (Å²) in [6.07, 6.45) is 2.55. The Morgan fingerprint density at radius 1 is 1.47 bits per heavy atom. The number of carbonyl (C=O) groups excluding carboxylic acids is 1. The molecule has 1 saturated carbocycles. The van der Waals surface area contributed by atoms with E-state index >= 15 is 0 Å². The van der Waals surface area contributed by atoms with Crippen molar-refractivity contribution in [2.45, 2.75) is 26.7 Å². The quantitative estimate of drug-likeness (QED) is 0.632. The number of esters is 1. The molecule has 1 aliphatic rings. The van der Waals surface area contributed by atoms with Gasteiger partial charge in [0.1, 0.15) is 0 Å². The molecule has 0 saturated heterocycles. The molecule has 0 atom stereocenters. The van der Waals surface area contributed by atoms with Gasteiger partial charge in [0.05, 0.1) is 24.0 Å². The highest BCUT2D eigenvalue weighted by Gasteiger charge is 2.44. The molecule has 1 aliphatic carbocycles. The van der Waals surface area contributed by atoms with Crippen LogP contribution in [-0.2, 0) is 4.74 Å². The number of carbonyl (C=O) groups is 1. The summed E-state index contributed by atoms with van der Waals surface area (Å²) in [5, 5.41) is 3.40. The van der Waals surface area contributed by atoms with Gasteiger partial charge in [0.2, 0.25) is 0 Å². The normalized spacial score (nSPS) is 16.2. The van der Waals surface area contributed by atoms with Gasteiger partial charge in [0.25, 0.3) is 0 Å². The Bertz CT molecular complexity index is 479. The summed E-state index contributed by atoms with van der Waals surface area (Å²) in [5.74, 6) is 0.315. The second-order valence-electron chi connectivity index (χ2n) is 5.66. The van der Waals surface area contributed by atoms with Crippen LogP contribution in [0.2, 0.25) is 0 Å². The van der Waals surface area contributed by atoms with Crippen LogP contribution in [0.25, 0.3) is 0 Å². The first-order valence-electron chi connectivity index (χ1n) is 6.70. The van der Waals surface area contributed by atoms with Gasteiger partial charge in [-0.25, -0.2) is 4.79 Å². The lowest BCUT2D eigenvalue weighted by Gasteiger charge is -2.21. The van der Waals surface area contributed by atoms with E-state index in [0.29, 0.717) is 22.6 Å². The van der Waals surface area contributed by atoms with Gasteiger partial charge in [-0.15, -0.1) is 0 Å². The Kier molecular flexibility index (Phi) is 3.69. The highest BCUT2D eigenvalue weighted by molar-refractivity contribution is 5.91. The average Bonchev–Trinajstić information content (AvgIpc) is 3.17. The lowest BCUT2D eigenvalue weighted by Crippen LogP contribution is -2.21. The summed E-state index contributed by atoms with van der Waals surface area (Å²) in [4.78, 5) is 11.4. The van der Waals surface area contributed by atoms with Crippen molar-refractivity contribution in [3.63, 3.8) is 0 Å². The third-order valence-corrected chi connectivity index (χ3v) is 4.22. The van der Waals surface area contributed by atoms with E-state index < -0.39 is 0 Å². The molecule has 1 aromatic rings. The number of hydrogen-bond acceptors (Lipinski definition) is 4. The Morgan fingerprint density at radius 3 is 2.63 bits per heavy atom. The number of anilines is 2. The predicted molar refractivity (Wildman–Crippen MR) is 77.2 cm³/mol. The number of ether oxygens (including phenoxy) is 1. The van der Waals surface area contributed by atoms with Crippen LogP contribution in [0.1, 0.15) is 37.0 Å². The van der Waals surface area contributed by atoms with Gasteiger partial charge in [-0.3, -0.25) is 0 Å². The van der Waals surface area contributed by atoms with Crippen molar-refractivity contribution in [2.75, 3.05) is 24.7 Å². The minimum Gasteiger partial charge on any atom is -0.465 e. The monoisotopic (exact) mass is 262 g/mol. The molecule has 2 rings (SSSR count). The van der Waals surface area contributed by atoms with Crippen molar-refractivity contribution in [1.82, 2.24) is 0 Å². The van der Waals surface area contributed by atoms with Crippen LogP contribution < -0.4 is 11.1 Å². The van der Waals surface area contributed by atoms with E-state index in [-0.39, 0.29) is 5.97 Å². The summed E-state index contributed by atoms with van der Waals surface area (Å²) >= 11 is 0. The van der Waals surface area contributed by atoms with Crippen molar-refractivity contribution in [3.05, 3.63) is 23.8 Å². The van der Waals surface area contributed by atoms with E-state index in [1.807, 2.05) is 6.07 Å². The van der Waals surface area contributed by atoms with Crippen LogP contribution in [0, 0.1) is 11.3 Å². The van der Waals surface area contributed by atoms with Crippen LogP contribution in [0.4, 0.5) is 11.4 Å². The van der Waals surface area contributed by atoms with Crippen LogP contribution in [-0.4, -0.2) is 19.6 Å². The van der Waals surface area contributed by atoms with Gasteiger partial charge in [0, 0.05) is 6.54 Å². The molecule has 3 N–H and O–H groups in total. The van der Waals surface area contributed by atoms with E-state index in [1.54, 1.807) is 12.1 Å². The predicted octanol–water partition coefficient (Wildman–Crippen LogP) is 2.90. The number of methoxy groups -OCH3 is 1. The lowest BCUT2D eigenvalue weighted by molar-refractivity contribution is 0.0601. The fourth-order valence-electron chi connectivity index (χ4n) is 2.36. The highest BCUT2D eigenvalue weighted by atomic mass is 16.5. The molecule has 0 heterocycles. The maximum atomic E-state index is 11.4. The summed E-state index contributed by atoms with van der Waals surface area (Å²) in [6, 6.07) is 5.24. The fraction of sp³-hybridized carbons (Fsp3) is 0.533.